The lowest BCUT2D eigenvalue weighted by Crippen LogP contribution is -1.75. The van der Waals surface area contributed by atoms with E-state index in [1.54, 1.807) is 0 Å². The Hall–Kier alpha value is -1.45. The zero-order valence-corrected chi connectivity index (χ0v) is 5.44. The van der Waals surface area contributed by atoms with Gasteiger partial charge in [0.2, 0.25) is 5.95 Å². The van der Waals surface area contributed by atoms with E-state index in [1.165, 1.54) is 18.2 Å². The average Bonchev–Trinajstić information content (AvgIpc) is 2.35. The van der Waals surface area contributed by atoms with Gasteiger partial charge in [0, 0.05) is 0 Å². The maximum Gasteiger partial charge on any atom is 0.216 e. The smallest absolute Gasteiger partial charge is 0.216 e. The third kappa shape index (κ3) is 0.790. The average molecular weight is 154 g/mol. The Morgan fingerprint density at radius 1 is 1.27 bits per heavy atom. The topological polar surface area (TPSA) is 28.7 Å². The highest BCUT2D eigenvalue weighted by atomic mass is 19.1. The predicted molar refractivity (Wildman–Crippen MR) is 36.0 cm³/mol. The molecule has 0 aliphatic rings. The van der Waals surface area contributed by atoms with Gasteiger partial charge in [-0.25, -0.2) is 4.39 Å². The molecule has 0 amide bonds. The molecule has 0 aliphatic carbocycles. The molecule has 0 spiro atoms. The van der Waals surface area contributed by atoms with E-state index in [0.29, 0.717) is 0 Å². The number of hydrogen-bond acceptors (Lipinski definition) is 1. The number of benzene rings is 1. The number of nitrogens with zero attached hydrogens (tertiary/aromatic N) is 1. The summed E-state index contributed by atoms with van der Waals surface area (Å²) < 4.78 is 25.4. The van der Waals surface area contributed by atoms with Crippen LogP contribution in [-0.2, 0) is 0 Å². The van der Waals surface area contributed by atoms with E-state index in [4.69, 9.17) is 0 Å². The van der Waals surface area contributed by atoms with E-state index in [-0.39, 0.29) is 10.9 Å². The van der Waals surface area contributed by atoms with Crippen LogP contribution in [0.25, 0.3) is 10.9 Å². The summed E-state index contributed by atoms with van der Waals surface area (Å²) in [5.74, 6) is -1.11. The van der Waals surface area contributed by atoms with Crippen LogP contribution in [0, 0.1) is 11.8 Å². The molecule has 2 aromatic rings. The van der Waals surface area contributed by atoms with Crippen LogP contribution >= 0.6 is 0 Å². The lowest BCUT2D eigenvalue weighted by atomic mass is 10.2. The van der Waals surface area contributed by atoms with E-state index in [1.807, 2.05) is 0 Å². The van der Waals surface area contributed by atoms with E-state index in [0.717, 1.165) is 0 Å². The van der Waals surface area contributed by atoms with Gasteiger partial charge in [0.1, 0.15) is 5.52 Å². The number of fused-ring (bicyclic) bond motifs is 1. The SMILES string of the molecule is Fc1[nH]nc2c(F)cccc12. The summed E-state index contributed by atoms with van der Waals surface area (Å²) >= 11 is 0. The third-order valence-corrected chi connectivity index (χ3v) is 1.49. The van der Waals surface area contributed by atoms with Gasteiger partial charge in [0.25, 0.3) is 0 Å². The number of aromatic nitrogens is 2. The minimum atomic E-state index is -0.598. The van der Waals surface area contributed by atoms with Crippen LogP contribution in [0.1, 0.15) is 0 Å². The van der Waals surface area contributed by atoms with Crippen molar-refractivity contribution >= 4 is 10.9 Å². The molecule has 0 fully saturated rings. The number of rotatable bonds is 0. The van der Waals surface area contributed by atoms with Gasteiger partial charge in [-0.3, -0.25) is 5.10 Å². The van der Waals surface area contributed by atoms with Gasteiger partial charge in [0.15, 0.2) is 5.82 Å². The molecular weight excluding hydrogens is 150 g/mol. The molecule has 4 heteroatoms. The van der Waals surface area contributed by atoms with Gasteiger partial charge in [-0.1, -0.05) is 6.07 Å². The molecule has 11 heavy (non-hydrogen) atoms. The largest absolute Gasteiger partial charge is 0.252 e. The van der Waals surface area contributed by atoms with E-state index < -0.39 is 11.8 Å². The molecule has 0 atom stereocenters. The highest BCUT2D eigenvalue weighted by molar-refractivity contribution is 5.78. The maximum absolute atomic E-state index is 12.8. The van der Waals surface area contributed by atoms with E-state index in [2.05, 4.69) is 10.2 Å². The second kappa shape index (κ2) is 2.02. The van der Waals surface area contributed by atoms with Crippen molar-refractivity contribution in [1.82, 2.24) is 10.2 Å². The molecule has 0 bridgehead atoms. The van der Waals surface area contributed by atoms with Crippen molar-refractivity contribution in [3.8, 4) is 0 Å². The number of H-pyrrole nitrogens is 1. The van der Waals surface area contributed by atoms with Crippen LogP contribution in [0.2, 0.25) is 0 Å². The van der Waals surface area contributed by atoms with Crippen molar-refractivity contribution in [3.05, 3.63) is 30.0 Å². The minimum absolute atomic E-state index is 0.0463. The summed E-state index contributed by atoms with van der Waals surface area (Å²) in [6.07, 6.45) is 0. The van der Waals surface area contributed by atoms with Crippen molar-refractivity contribution in [2.75, 3.05) is 0 Å². The minimum Gasteiger partial charge on any atom is -0.252 e. The molecule has 1 aromatic carbocycles. The Balaban J connectivity index is 2.94. The molecule has 0 saturated carbocycles. The first kappa shape index (κ1) is 6.27. The lowest BCUT2D eigenvalue weighted by Gasteiger charge is -1.86. The molecule has 1 heterocycles. The van der Waals surface area contributed by atoms with Gasteiger partial charge in [-0.05, 0) is 12.1 Å². The van der Waals surface area contributed by atoms with Crippen LogP contribution < -0.4 is 0 Å². The molecule has 2 nitrogen and oxygen atoms in total. The summed E-state index contributed by atoms with van der Waals surface area (Å²) in [6.45, 7) is 0. The standard InChI is InChI=1S/C7H4F2N2/c8-5-3-1-2-4-6(5)10-11-7(4)9/h1-3H,(H,10,11). The number of halogens is 2. The van der Waals surface area contributed by atoms with Crippen LogP contribution in [0.4, 0.5) is 8.78 Å². The summed E-state index contributed by atoms with van der Waals surface area (Å²) in [5, 5.41) is 5.69. The van der Waals surface area contributed by atoms with Crippen molar-refractivity contribution in [3.63, 3.8) is 0 Å². The predicted octanol–water partition coefficient (Wildman–Crippen LogP) is 1.84. The van der Waals surface area contributed by atoms with Crippen molar-refractivity contribution in [2.24, 2.45) is 0 Å². The first-order chi connectivity index (χ1) is 5.29. The summed E-state index contributed by atoms with van der Waals surface area (Å²) in [5.41, 5.74) is 0.0463. The Kier molecular flexibility index (Phi) is 1.15. The normalized spacial score (nSPS) is 10.7. The lowest BCUT2D eigenvalue weighted by molar-refractivity contribution is 0.588. The van der Waals surface area contributed by atoms with E-state index >= 15 is 0 Å². The van der Waals surface area contributed by atoms with Crippen molar-refractivity contribution in [2.45, 2.75) is 0 Å². The zero-order valence-electron chi connectivity index (χ0n) is 5.44. The molecule has 2 rings (SSSR count). The third-order valence-electron chi connectivity index (χ3n) is 1.49. The first-order valence-electron chi connectivity index (χ1n) is 3.07. The Morgan fingerprint density at radius 3 is 2.82 bits per heavy atom. The summed E-state index contributed by atoms with van der Waals surface area (Å²) in [6, 6.07) is 4.15. The fraction of sp³-hybridized carbons (Fsp3) is 0. The fourth-order valence-electron chi connectivity index (χ4n) is 0.971. The van der Waals surface area contributed by atoms with Crippen LogP contribution in [0.5, 0.6) is 0 Å². The van der Waals surface area contributed by atoms with Gasteiger partial charge in [-0.15, -0.1) is 0 Å². The molecule has 0 aliphatic heterocycles. The van der Waals surface area contributed by atoms with Gasteiger partial charge in [-0.2, -0.15) is 9.49 Å². The molecule has 1 aromatic heterocycles. The molecule has 0 unspecified atom stereocenters. The monoisotopic (exact) mass is 154 g/mol. The Morgan fingerprint density at radius 2 is 2.09 bits per heavy atom. The van der Waals surface area contributed by atoms with Gasteiger partial charge >= 0.3 is 0 Å². The van der Waals surface area contributed by atoms with Gasteiger partial charge < -0.3 is 0 Å². The maximum atomic E-state index is 12.8. The number of para-hydroxylation sites is 1. The van der Waals surface area contributed by atoms with Crippen LogP contribution in [0.15, 0.2) is 18.2 Å². The number of hydrogen-bond donors (Lipinski definition) is 1. The summed E-state index contributed by atoms with van der Waals surface area (Å²) in [4.78, 5) is 0. The molecule has 1 N–H and O–H groups in total. The van der Waals surface area contributed by atoms with E-state index in [9.17, 15) is 8.78 Å². The Labute approximate surface area is 60.8 Å². The zero-order chi connectivity index (χ0) is 7.84. The number of nitrogens with one attached hydrogen (secondary N) is 1. The van der Waals surface area contributed by atoms with Gasteiger partial charge in [0.05, 0.1) is 5.39 Å². The molecule has 0 radical (unpaired) electrons. The molecule has 56 valence electrons. The van der Waals surface area contributed by atoms with Crippen LogP contribution in [-0.4, -0.2) is 10.2 Å². The van der Waals surface area contributed by atoms with Crippen molar-refractivity contribution in [1.29, 1.82) is 0 Å². The molecular formula is C7H4F2N2. The molecule has 0 saturated heterocycles. The first-order valence-corrected chi connectivity index (χ1v) is 3.07. The second-order valence-electron chi connectivity index (χ2n) is 2.17. The fourth-order valence-corrected chi connectivity index (χ4v) is 0.971. The second-order valence-corrected chi connectivity index (χ2v) is 2.17. The Bertz CT molecular complexity index is 394. The highest BCUT2D eigenvalue weighted by Gasteiger charge is 2.06. The quantitative estimate of drug-likeness (QED) is 0.616. The number of aromatic amines is 1. The summed E-state index contributed by atoms with van der Waals surface area (Å²) in [7, 11) is 0. The highest BCUT2D eigenvalue weighted by Crippen LogP contribution is 2.16. The van der Waals surface area contributed by atoms with Crippen molar-refractivity contribution < 1.29 is 8.78 Å². The van der Waals surface area contributed by atoms with Crippen LogP contribution in [0.3, 0.4) is 0 Å².